The Labute approximate surface area is 166 Å². The van der Waals surface area contributed by atoms with Crippen molar-refractivity contribution < 1.29 is 27.7 Å². The molecule has 3 aliphatic heterocycles. The molecule has 1 unspecified atom stereocenters. The van der Waals surface area contributed by atoms with E-state index < -0.39 is 24.2 Å². The van der Waals surface area contributed by atoms with E-state index in [0.717, 1.165) is 12.3 Å². The van der Waals surface area contributed by atoms with Gasteiger partial charge in [0.25, 0.3) is 0 Å². The van der Waals surface area contributed by atoms with Gasteiger partial charge in [-0.1, -0.05) is 13.8 Å². The Balaban J connectivity index is 1.65. The average Bonchev–Trinajstić information content (AvgIpc) is 3.23. The summed E-state index contributed by atoms with van der Waals surface area (Å²) in [7, 11) is 0. The van der Waals surface area contributed by atoms with E-state index in [1.165, 1.54) is 0 Å². The van der Waals surface area contributed by atoms with Gasteiger partial charge in [0.1, 0.15) is 30.1 Å². The third-order valence-corrected chi connectivity index (χ3v) is 5.29. The number of rotatable bonds is 5. The molecule has 5 atom stereocenters. The van der Waals surface area contributed by atoms with Gasteiger partial charge < -0.3 is 14.6 Å². The van der Waals surface area contributed by atoms with E-state index in [2.05, 4.69) is 20.3 Å². The number of aromatic nitrogens is 2. The lowest BCUT2D eigenvalue weighted by molar-refractivity contribution is -0.118. The smallest absolute Gasteiger partial charge is 0.245 e. The fraction of sp³-hybridized carbons (Fsp3) is 0.647. The monoisotopic (exact) mass is 410 g/mol. The number of fused-ring (bicyclic) bond motifs is 2. The van der Waals surface area contributed by atoms with Crippen LogP contribution in [0.2, 0.25) is 0 Å². The van der Waals surface area contributed by atoms with Crippen LogP contribution in [0, 0.1) is 5.92 Å². The number of hydrogen-bond donors (Lipinski definition) is 2. The molecule has 0 aromatic carbocycles. The van der Waals surface area contributed by atoms with Crippen LogP contribution in [0.5, 0.6) is 5.88 Å². The van der Waals surface area contributed by atoms with E-state index in [1.807, 2.05) is 6.92 Å². The van der Waals surface area contributed by atoms with Gasteiger partial charge in [0.15, 0.2) is 12.3 Å². The predicted molar refractivity (Wildman–Crippen MR) is 101 cm³/mol. The first-order valence-corrected chi connectivity index (χ1v) is 9.84. The molecule has 2 fully saturated rings. The summed E-state index contributed by atoms with van der Waals surface area (Å²) in [6.45, 7) is 6.10. The molecule has 3 aliphatic rings. The zero-order valence-corrected chi connectivity index (χ0v) is 16.5. The Morgan fingerprint density at radius 1 is 1.43 bits per heavy atom. The Bertz CT molecular complexity index is 791. The summed E-state index contributed by atoms with van der Waals surface area (Å²) in [6, 6.07) is 0. The highest BCUT2D eigenvalue weighted by Gasteiger charge is 2.51. The quantitative estimate of drug-likeness (QED) is 0.693. The number of ether oxygens (including phenoxy) is 2. The molecular formula is C17H22N4O6S. The molecule has 0 saturated carbocycles. The maximum absolute atomic E-state index is 12.1. The van der Waals surface area contributed by atoms with Crippen molar-refractivity contribution in [2.75, 3.05) is 18.5 Å². The van der Waals surface area contributed by atoms with Crippen molar-refractivity contribution in [2.24, 2.45) is 10.9 Å². The molecular weight excluding hydrogens is 388 g/mol. The molecule has 4 heterocycles. The highest BCUT2D eigenvalue weighted by Crippen LogP contribution is 2.44. The molecule has 0 spiro atoms. The van der Waals surface area contributed by atoms with E-state index in [0.29, 0.717) is 24.6 Å². The van der Waals surface area contributed by atoms with Crippen LogP contribution in [0.25, 0.3) is 0 Å². The van der Waals surface area contributed by atoms with Crippen LogP contribution in [0.1, 0.15) is 32.4 Å². The molecule has 0 radical (unpaired) electrons. The second-order valence-electron chi connectivity index (χ2n) is 7.01. The SMILES string of the molecule is CCOc1nc(NC(=O)C(C)C)nc2c1N=CC2[C@@H]1O[C@@H]2COSO[C@H]2[C@H]1O. The minimum atomic E-state index is -0.872. The summed E-state index contributed by atoms with van der Waals surface area (Å²) >= 11 is 0.860. The number of hydrogen-bond acceptors (Lipinski definition) is 10. The zero-order chi connectivity index (χ0) is 19.8. The fourth-order valence-electron chi connectivity index (χ4n) is 3.30. The lowest BCUT2D eigenvalue weighted by Gasteiger charge is -2.23. The summed E-state index contributed by atoms with van der Waals surface area (Å²) in [5.74, 6) is -0.441. The summed E-state index contributed by atoms with van der Waals surface area (Å²) in [5.41, 5.74) is 1.01. The van der Waals surface area contributed by atoms with E-state index in [-0.39, 0.29) is 29.8 Å². The number of carbonyl (C=O) groups is 1. The van der Waals surface area contributed by atoms with E-state index in [1.54, 1.807) is 20.1 Å². The summed E-state index contributed by atoms with van der Waals surface area (Å²) in [5, 5.41) is 13.4. The first-order valence-electron chi connectivity index (χ1n) is 9.17. The van der Waals surface area contributed by atoms with Gasteiger partial charge in [-0.05, 0) is 6.92 Å². The Morgan fingerprint density at radius 2 is 2.25 bits per heavy atom. The first kappa shape index (κ1) is 19.5. The number of aliphatic imine (C=N–C) groups is 1. The van der Waals surface area contributed by atoms with Gasteiger partial charge in [-0.15, -0.1) is 0 Å². The predicted octanol–water partition coefficient (Wildman–Crippen LogP) is 1.38. The van der Waals surface area contributed by atoms with Crippen LogP contribution in [-0.2, 0) is 17.9 Å². The first-order chi connectivity index (χ1) is 13.5. The molecule has 2 saturated heterocycles. The normalized spacial score (nSPS) is 31.0. The summed E-state index contributed by atoms with van der Waals surface area (Å²) < 4.78 is 22.2. The lowest BCUT2D eigenvalue weighted by atomic mass is 9.94. The summed E-state index contributed by atoms with van der Waals surface area (Å²) in [4.78, 5) is 25.2. The van der Waals surface area contributed by atoms with Gasteiger partial charge in [-0.25, -0.2) is 4.98 Å². The molecule has 4 rings (SSSR count). The van der Waals surface area contributed by atoms with E-state index >= 15 is 0 Å². The van der Waals surface area contributed by atoms with Crippen molar-refractivity contribution in [3.05, 3.63) is 5.69 Å². The van der Waals surface area contributed by atoms with Crippen molar-refractivity contribution >= 4 is 36.1 Å². The molecule has 1 aromatic heterocycles. The molecule has 11 heteroatoms. The zero-order valence-electron chi connectivity index (χ0n) is 15.7. The molecule has 0 bridgehead atoms. The Morgan fingerprint density at radius 3 is 2.96 bits per heavy atom. The lowest BCUT2D eigenvalue weighted by Crippen LogP contribution is -2.39. The number of carbonyl (C=O) groups excluding carboxylic acids is 1. The van der Waals surface area contributed by atoms with Crippen LogP contribution < -0.4 is 10.1 Å². The Kier molecular flexibility index (Phi) is 5.52. The van der Waals surface area contributed by atoms with Gasteiger partial charge in [-0.3, -0.25) is 23.5 Å². The van der Waals surface area contributed by atoms with E-state index in [9.17, 15) is 9.90 Å². The molecule has 1 aromatic rings. The van der Waals surface area contributed by atoms with Crippen molar-refractivity contribution in [2.45, 2.75) is 51.1 Å². The number of nitrogens with one attached hydrogen (secondary N) is 1. The molecule has 28 heavy (non-hydrogen) atoms. The Hall–Kier alpha value is -1.79. The highest BCUT2D eigenvalue weighted by molar-refractivity contribution is 7.89. The van der Waals surface area contributed by atoms with Crippen LogP contribution in [0.15, 0.2) is 4.99 Å². The molecule has 2 N–H and O–H groups in total. The van der Waals surface area contributed by atoms with Crippen molar-refractivity contribution in [3.63, 3.8) is 0 Å². The number of aliphatic hydroxyl groups is 1. The molecule has 152 valence electrons. The van der Waals surface area contributed by atoms with Crippen LogP contribution >= 0.6 is 12.3 Å². The molecule has 0 aliphatic carbocycles. The maximum atomic E-state index is 12.1. The average molecular weight is 410 g/mol. The van der Waals surface area contributed by atoms with Crippen molar-refractivity contribution in [3.8, 4) is 5.88 Å². The topological polar surface area (TPSA) is 124 Å². The third kappa shape index (κ3) is 3.48. The van der Waals surface area contributed by atoms with Gasteiger partial charge >= 0.3 is 0 Å². The van der Waals surface area contributed by atoms with Crippen LogP contribution in [-0.4, -0.2) is 64.8 Å². The van der Waals surface area contributed by atoms with E-state index in [4.69, 9.17) is 17.8 Å². The second-order valence-corrected chi connectivity index (χ2v) is 7.57. The number of nitrogens with zero attached hydrogens (tertiary/aromatic N) is 3. The second kappa shape index (κ2) is 7.91. The number of aliphatic hydroxyl groups excluding tert-OH is 1. The minimum absolute atomic E-state index is 0.136. The third-order valence-electron chi connectivity index (χ3n) is 4.76. The van der Waals surface area contributed by atoms with Gasteiger partial charge in [0.2, 0.25) is 17.7 Å². The van der Waals surface area contributed by atoms with Crippen molar-refractivity contribution in [1.29, 1.82) is 0 Å². The van der Waals surface area contributed by atoms with Crippen LogP contribution in [0.3, 0.4) is 0 Å². The number of anilines is 1. The van der Waals surface area contributed by atoms with Crippen LogP contribution in [0.4, 0.5) is 11.6 Å². The molecule has 1 amide bonds. The van der Waals surface area contributed by atoms with Crippen molar-refractivity contribution in [1.82, 2.24) is 9.97 Å². The van der Waals surface area contributed by atoms with Gasteiger partial charge in [-0.2, -0.15) is 4.98 Å². The highest BCUT2D eigenvalue weighted by atomic mass is 32.2. The summed E-state index contributed by atoms with van der Waals surface area (Å²) in [6.07, 6.45) is -0.681. The van der Waals surface area contributed by atoms with Gasteiger partial charge in [0.05, 0.1) is 24.8 Å². The molecule has 10 nitrogen and oxygen atoms in total. The fourth-order valence-corrected chi connectivity index (χ4v) is 3.88. The standard InChI is InChI=1S/C17H22N4O6S/c1-4-24-16-11-10(19-17(21-16)20-15(23)7(2)3)8(5-18-11)13-12(22)14-9(26-13)6-25-28-27-14/h5,7-9,12-14,22H,4,6H2,1-3H3,(H,19,20,21,23)/t8?,9-,12+,13+,14-/m1/s1. The maximum Gasteiger partial charge on any atom is 0.245 e. The number of amides is 1. The van der Waals surface area contributed by atoms with Gasteiger partial charge in [0, 0.05) is 12.1 Å². The largest absolute Gasteiger partial charge is 0.476 e. The minimum Gasteiger partial charge on any atom is -0.476 e.